The molecule has 2 amide bonds. The summed E-state index contributed by atoms with van der Waals surface area (Å²) < 4.78 is 44.7. The SMILES string of the molecule is CCC[C@H]1OC(=O)[C@H](C)[C@@H](O[C@H]2C[C@@](C)(OC)C(COCC)[C@H](C)O2)[C@H](C)[C@@H](O[C@@H]2O[C@H](C)C[C@H](N(C)C(=O)Nc3ccccc3)[C@H]2O)[C@](C)(O)C[C@@H](C)CN[C@H](C)[C@@H](O)[C@]1(C)O. The Morgan fingerprint density at radius 3 is 2.27 bits per heavy atom. The van der Waals surface area contributed by atoms with Crippen LogP contribution < -0.4 is 10.6 Å². The third-order valence-corrected chi connectivity index (χ3v) is 13.9. The maximum Gasteiger partial charge on any atom is 0.321 e. The average Bonchev–Trinajstić information content (AvgIpc) is 3.23. The molecule has 3 fully saturated rings. The molecule has 16 heteroatoms. The van der Waals surface area contributed by atoms with Crippen molar-refractivity contribution in [2.24, 2.45) is 23.7 Å². The maximum absolute atomic E-state index is 14.5. The number of carbonyl (C=O) groups is 2. The third-order valence-electron chi connectivity index (χ3n) is 13.9. The first-order chi connectivity index (χ1) is 29.5. The maximum atomic E-state index is 14.5. The fourth-order valence-corrected chi connectivity index (χ4v) is 9.87. The van der Waals surface area contributed by atoms with Gasteiger partial charge in [0.25, 0.3) is 0 Å². The Balaban J connectivity index is 1.79. The summed E-state index contributed by atoms with van der Waals surface area (Å²) in [6.45, 7) is 21.2. The minimum absolute atomic E-state index is 0.138. The second-order valence-corrected chi connectivity index (χ2v) is 19.3. The Bertz CT molecular complexity index is 1570. The molecule has 63 heavy (non-hydrogen) atoms. The van der Waals surface area contributed by atoms with Crippen LogP contribution in [0.3, 0.4) is 0 Å². The largest absolute Gasteiger partial charge is 0.459 e. The average molecular weight is 896 g/mol. The van der Waals surface area contributed by atoms with Crippen LogP contribution in [0.5, 0.6) is 0 Å². The lowest BCUT2D eigenvalue weighted by Gasteiger charge is -2.49. The van der Waals surface area contributed by atoms with Crippen LogP contribution >= 0.6 is 0 Å². The number of ether oxygens (including phenoxy) is 7. The highest BCUT2D eigenvalue weighted by atomic mass is 16.7. The van der Waals surface area contributed by atoms with Crippen molar-refractivity contribution in [3.8, 4) is 0 Å². The standard InChI is InChI=1S/C47H81N3O13/c1-14-19-36-47(11,56)40(52)31(7)48-25-27(3)23-45(9,55)41(63-43-38(51)35(22-28(4)59-43)50(12)44(54)49-33-20-17-16-18-21-33)29(5)39(30(6)42(53)61-36)62-37-24-46(10,57-13)34(26-58-15-2)32(8)60-37/h16-18,20-21,27-32,34-41,43,48,51-52,55-56H,14-15,19,22-26H2,1-13H3,(H,49,54)/t27-,28-,29+,30-,31-,32+,34?,35+,36-,37+,38-,39+,40-,41-,43+,45-,46-,47-/m1/s1. The van der Waals surface area contributed by atoms with Crippen LogP contribution in [0.25, 0.3) is 0 Å². The number of hydrogen-bond donors (Lipinski definition) is 6. The molecule has 0 radical (unpaired) electrons. The van der Waals surface area contributed by atoms with Crippen molar-refractivity contribution in [2.75, 3.05) is 39.2 Å². The smallest absolute Gasteiger partial charge is 0.321 e. The number of para-hydroxylation sites is 1. The second kappa shape index (κ2) is 22.8. The highest BCUT2D eigenvalue weighted by molar-refractivity contribution is 5.89. The first-order valence-electron chi connectivity index (χ1n) is 23.1. The molecule has 0 aromatic heterocycles. The van der Waals surface area contributed by atoms with E-state index in [2.05, 4.69) is 10.6 Å². The van der Waals surface area contributed by atoms with Gasteiger partial charge in [-0.1, -0.05) is 45.4 Å². The molecule has 3 aliphatic rings. The lowest BCUT2D eigenvalue weighted by atomic mass is 9.77. The van der Waals surface area contributed by atoms with Crippen LogP contribution in [-0.2, 0) is 38.0 Å². The number of cyclic esters (lactones) is 1. The molecular formula is C47H81N3O13. The topological polar surface area (TPSA) is 207 Å². The van der Waals surface area contributed by atoms with E-state index in [0.29, 0.717) is 38.3 Å². The summed E-state index contributed by atoms with van der Waals surface area (Å²) in [6, 6.07) is 7.23. The number of nitrogens with zero attached hydrogens (tertiary/aromatic N) is 1. The fraction of sp³-hybridized carbons (Fsp3) is 0.830. The van der Waals surface area contributed by atoms with Gasteiger partial charge < -0.3 is 69.1 Å². The zero-order valence-corrected chi connectivity index (χ0v) is 40.1. The summed E-state index contributed by atoms with van der Waals surface area (Å²) in [5, 5.41) is 54.4. The van der Waals surface area contributed by atoms with Gasteiger partial charge in [0.2, 0.25) is 0 Å². The van der Waals surface area contributed by atoms with Gasteiger partial charge in [0.15, 0.2) is 12.6 Å². The molecule has 0 aliphatic carbocycles. The number of hydrogen-bond acceptors (Lipinski definition) is 14. The molecule has 1 unspecified atom stereocenters. The van der Waals surface area contributed by atoms with Crippen molar-refractivity contribution in [3.05, 3.63) is 30.3 Å². The lowest BCUT2D eigenvalue weighted by molar-refractivity contribution is -0.315. The van der Waals surface area contributed by atoms with Crippen LogP contribution in [0, 0.1) is 23.7 Å². The van der Waals surface area contributed by atoms with Crippen molar-refractivity contribution >= 4 is 17.7 Å². The van der Waals surface area contributed by atoms with E-state index in [1.807, 2.05) is 66.7 Å². The number of esters is 1. The van der Waals surface area contributed by atoms with Gasteiger partial charge in [-0.25, -0.2) is 4.79 Å². The highest BCUT2D eigenvalue weighted by Gasteiger charge is 2.53. The van der Waals surface area contributed by atoms with Crippen molar-refractivity contribution in [1.82, 2.24) is 10.2 Å². The predicted molar refractivity (Wildman–Crippen MR) is 238 cm³/mol. The molecule has 3 heterocycles. The number of carbonyl (C=O) groups excluding carboxylic acids is 2. The molecule has 3 aliphatic heterocycles. The zero-order valence-electron chi connectivity index (χ0n) is 40.1. The van der Waals surface area contributed by atoms with Crippen LogP contribution in [0.15, 0.2) is 30.3 Å². The molecule has 0 spiro atoms. The molecule has 3 saturated heterocycles. The van der Waals surface area contributed by atoms with Gasteiger partial charge in [0.1, 0.15) is 23.9 Å². The summed E-state index contributed by atoms with van der Waals surface area (Å²) in [5.41, 5.74) is -3.62. The van der Waals surface area contributed by atoms with Gasteiger partial charge in [-0.3, -0.25) is 4.79 Å². The lowest BCUT2D eigenvalue weighted by Crippen LogP contribution is -2.61. The number of likely N-dealkylation sites (N-methyl/N-ethyl adjacent to an activating group) is 1. The van der Waals surface area contributed by atoms with Crippen molar-refractivity contribution in [2.45, 2.75) is 192 Å². The fourth-order valence-electron chi connectivity index (χ4n) is 9.87. The number of nitrogens with one attached hydrogen (secondary N) is 2. The quantitative estimate of drug-likeness (QED) is 0.155. The normalized spacial score (nSPS) is 42.4. The van der Waals surface area contributed by atoms with Crippen LogP contribution in [-0.4, -0.2) is 155 Å². The van der Waals surface area contributed by atoms with Gasteiger partial charge in [0.05, 0.1) is 54.2 Å². The Hall–Kier alpha value is -2.48. The van der Waals surface area contributed by atoms with E-state index in [-0.39, 0.29) is 37.2 Å². The van der Waals surface area contributed by atoms with E-state index >= 15 is 0 Å². The number of rotatable bonds is 12. The Morgan fingerprint density at radius 1 is 0.984 bits per heavy atom. The molecule has 18 atom stereocenters. The Labute approximate surface area is 376 Å². The Kier molecular flexibility index (Phi) is 19.2. The van der Waals surface area contributed by atoms with Gasteiger partial charge in [0, 0.05) is 50.8 Å². The second-order valence-electron chi connectivity index (χ2n) is 19.3. The van der Waals surface area contributed by atoms with E-state index in [0.717, 1.165) is 0 Å². The number of benzene rings is 1. The molecule has 362 valence electrons. The Morgan fingerprint density at radius 2 is 1.65 bits per heavy atom. The van der Waals surface area contributed by atoms with Crippen LogP contribution in [0.1, 0.15) is 108 Å². The van der Waals surface area contributed by atoms with Crippen molar-refractivity contribution in [3.63, 3.8) is 0 Å². The van der Waals surface area contributed by atoms with Gasteiger partial charge in [-0.2, -0.15) is 0 Å². The molecule has 6 N–H and O–H groups in total. The highest BCUT2D eigenvalue weighted by Crippen LogP contribution is 2.42. The summed E-state index contributed by atoms with van der Waals surface area (Å²) in [6.07, 6.45) is -7.43. The molecule has 1 aromatic carbocycles. The van der Waals surface area contributed by atoms with Gasteiger partial charge >= 0.3 is 12.0 Å². The first-order valence-corrected chi connectivity index (χ1v) is 23.1. The molecule has 1 aromatic rings. The number of amides is 2. The van der Waals surface area contributed by atoms with E-state index in [1.54, 1.807) is 47.1 Å². The molecule has 16 nitrogen and oxygen atoms in total. The van der Waals surface area contributed by atoms with E-state index < -0.39 is 102 Å². The number of methoxy groups -OCH3 is 1. The number of aliphatic hydroxyl groups is 4. The van der Waals surface area contributed by atoms with E-state index in [9.17, 15) is 30.0 Å². The molecular weight excluding hydrogens is 815 g/mol. The minimum Gasteiger partial charge on any atom is -0.459 e. The predicted octanol–water partition coefficient (Wildman–Crippen LogP) is 4.84. The summed E-state index contributed by atoms with van der Waals surface area (Å²) >= 11 is 0. The summed E-state index contributed by atoms with van der Waals surface area (Å²) in [5.74, 6) is -2.91. The summed E-state index contributed by atoms with van der Waals surface area (Å²) in [4.78, 5) is 29.5. The van der Waals surface area contributed by atoms with Crippen molar-refractivity contribution < 1.29 is 63.2 Å². The van der Waals surface area contributed by atoms with E-state index in [1.165, 1.54) is 11.8 Å². The third kappa shape index (κ3) is 13.1. The number of urea groups is 1. The van der Waals surface area contributed by atoms with Crippen LogP contribution in [0.4, 0.5) is 10.5 Å². The zero-order chi connectivity index (χ0) is 47.0. The summed E-state index contributed by atoms with van der Waals surface area (Å²) in [7, 11) is 3.24. The molecule has 0 bridgehead atoms. The number of anilines is 1. The van der Waals surface area contributed by atoms with Gasteiger partial charge in [-0.15, -0.1) is 0 Å². The van der Waals surface area contributed by atoms with Gasteiger partial charge in [-0.05, 0) is 99.2 Å². The monoisotopic (exact) mass is 896 g/mol. The minimum atomic E-state index is -1.83. The molecule has 4 rings (SSSR count). The van der Waals surface area contributed by atoms with Crippen molar-refractivity contribution in [1.29, 1.82) is 0 Å². The van der Waals surface area contributed by atoms with E-state index in [4.69, 9.17) is 33.2 Å². The number of aliphatic hydroxyl groups excluding tert-OH is 2. The molecule has 0 saturated carbocycles. The van der Waals surface area contributed by atoms with Crippen LogP contribution in [0.2, 0.25) is 0 Å². The first kappa shape index (κ1) is 53.1.